The van der Waals surface area contributed by atoms with E-state index >= 15 is 0 Å². The zero-order chi connectivity index (χ0) is 31.2. The molecule has 2 amide bonds. The van der Waals surface area contributed by atoms with E-state index in [0.29, 0.717) is 15.9 Å². The molecule has 1 N–H and O–H groups in total. The van der Waals surface area contributed by atoms with Gasteiger partial charge in [-0.2, -0.15) is 13.2 Å². The predicted molar refractivity (Wildman–Crippen MR) is 157 cm³/mol. The molecule has 42 heavy (non-hydrogen) atoms. The van der Waals surface area contributed by atoms with Gasteiger partial charge in [-0.1, -0.05) is 60.0 Å². The molecule has 0 spiro atoms. The highest BCUT2D eigenvalue weighted by molar-refractivity contribution is 7.92. The molecule has 3 aromatic carbocycles. The number of alkyl halides is 3. The molecule has 1 atom stereocenters. The highest BCUT2D eigenvalue weighted by Crippen LogP contribution is 2.33. The molecule has 0 aromatic heterocycles. The van der Waals surface area contributed by atoms with E-state index in [2.05, 4.69) is 5.32 Å². The lowest BCUT2D eigenvalue weighted by Crippen LogP contribution is -2.52. The summed E-state index contributed by atoms with van der Waals surface area (Å²) in [5.74, 6) is -1.28. The lowest BCUT2D eigenvalue weighted by Gasteiger charge is -2.33. The number of halogens is 5. The summed E-state index contributed by atoms with van der Waals surface area (Å²) in [5.41, 5.74) is -0.180. The third-order valence-electron chi connectivity index (χ3n) is 6.42. The first-order chi connectivity index (χ1) is 19.7. The number of hydrogen-bond acceptors (Lipinski definition) is 4. The lowest BCUT2D eigenvalue weighted by atomic mass is 10.1. The van der Waals surface area contributed by atoms with Gasteiger partial charge in [0.2, 0.25) is 11.8 Å². The molecule has 0 aliphatic heterocycles. The molecule has 0 saturated heterocycles. The average molecular weight is 645 g/mol. The Balaban J connectivity index is 2.13. The molecule has 13 heteroatoms. The molecule has 226 valence electrons. The van der Waals surface area contributed by atoms with E-state index in [0.717, 1.165) is 17.7 Å². The monoisotopic (exact) mass is 643 g/mol. The first-order valence-electron chi connectivity index (χ1n) is 13.0. The van der Waals surface area contributed by atoms with Gasteiger partial charge in [0.1, 0.15) is 12.6 Å². The van der Waals surface area contributed by atoms with Crippen molar-refractivity contribution in [2.45, 2.75) is 50.9 Å². The maximum Gasteiger partial charge on any atom is 0.416 e. The molecule has 0 aliphatic rings. The van der Waals surface area contributed by atoms with Gasteiger partial charge in [0.25, 0.3) is 10.0 Å². The van der Waals surface area contributed by atoms with Crippen molar-refractivity contribution >= 4 is 50.7 Å². The molecule has 3 aromatic rings. The second-order valence-electron chi connectivity index (χ2n) is 9.46. The maximum atomic E-state index is 14.0. The summed E-state index contributed by atoms with van der Waals surface area (Å²) in [7, 11) is -4.53. The van der Waals surface area contributed by atoms with Gasteiger partial charge < -0.3 is 10.2 Å². The normalized spacial score (nSPS) is 12.5. The summed E-state index contributed by atoms with van der Waals surface area (Å²) >= 11 is 12.2. The van der Waals surface area contributed by atoms with Crippen molar-refractivity contribution in [2.75, 3.05) is 17.4 Å². The van der Waals surface area contributed by atoms with E-state index in [1.54, 1.807) is 26.8 Å². The van der Waals surface area contributed by atoms with Gasteiger partial charge in [-0.25, -0.2) is 8.42 Å². The van der Waals surface area contributed by atoms with Crippen molar-refractivity contribution < 1.29 is 31.2 Å². The Morgan fingerprint density at radius 2 is 1.62 bits per heavy atom. The molecule has 7 nitrogen and oxygen atoms in total. The summed E-state index contributed by atoms with van der Waals surface area (Å²) < 4.78 is 69.1. The van der Waals surface area contributed by atoms with E-state index in [4.69, 9.17) is 23.2 Å². The number of carbonyl (C=O) groups excluding carboxylic acids is 2. The fourth-order valence-corrected chi connectivity index (χ4v) is 5.98. The van der Waals surface area contributed by atoms with Crippen LogP contribution < -0.4 is 9.62 Å². The highest BCUT2D eigenvalue weighted by Gasteiger charge is 2.36. The fraction of sp³-hybridized carbons (Fsp3) is 0.310. The average Bonchev–Trinajstić information content (AvgIpc) is 2.93. The van der Waals surface area contributed by atoms with Gasteiger partial charge >= 0.3 is 6.18 Å². The van der Waals surface area contributed by atoms with Crippen molar-refractivity contribution in [1.29, 1.82) is 0 Å². The summed E-state index contributed by atoms with van der Waals surface area (Å²) in [6.07, 6.45) is -4.59. The third-order valence-corrected chi connectivity index (χ3v) is 8.95. The van der Waals surface area contributed by atoms with E-state index in [1.165, 1.54) is 47.4 Å². The van der Waals surface area contributed by atoms with Crippen molar-refractivity contribution in [3.05, 3.63) is 93.5 Å². The van der Waals surface area contributed by atoms with Gasteiger partial charge in [-0.05, 0) is 68.3 Å². The second-order valence-corrected chi connectivity index (χ2v) is 12.1. The minimum Gasteiger partial charge on any atom is -0.355 e. The van der Waals surface area contributed by atoms with Gasteiger partial charge in [0.15, 0.2) is 0 Å². The molecule has 0 radical (unpaired) electrons. The van der Waals surface area contributed by atoms with Crippen LogP contribution in [0.3, 0.4) is 0 Å². The molecule has 0 aliphatic carbocycles. The highest BCUT2D eigenvalue weighted by atomic mass is 35.5. The van der Waals surface area contributed by atoms with Crippen LogP contribution in [0.15, 0.2) is 71.6 Å². The molecule has 3 rings (SSSR count). The Kier molecular flexibility index (Phi) is 10.9. The second kappa shape index (κ2) is 13.8. The van der Waals surface area contributed by atoms with Crippen molar-refractivity contribution in [2.24, 2.45) is 0 Å². The van der Waals surface area contributed by atoms with E-state index < -0.39 is 46.2 Å². The summed E-state index contributed by atoms with van der Waals surface area (Å²) in [6.45, 7) is 4.39. The van der Waals surface area contributed by atoms with E-state index in [1.807, 2.05) is 0 Å². The number of anilines is 1. The predicted octanol–water partition coefficient (Wildman–Crippen LogP) is 6.46. The minimum atomic E-state index is -4.76. The van der Waals surface area contributed by atoms with E-state index in [9.17, 15) is 31.2 Å². The number of carbonyl (C=O) groups is 2. The molecule has 0 unspecified atom stereocenters. The summed E-state index contributed by atoms with van der Waals surface area (Å²) in [6, 6.07) is 13.0. The van der Waals surface area contributed by atoms with Crippen LogP contribution in [0.4, 0.5) is 18.9 Å². The van der Waals surface area contributed by atoms with Crippen LogP contribution in [-0.4, -0.2) is 44.3 Å². The van der Waals surface area contributed by atoms with Crippen LogP contribution in [-0.2, 0) is 32.3 Å². The maximum absolute atomic E-state index is 14.0. The number of hydrogen-bond donors (Lipinski definition) is 1. The Hall–Kier alpha value is -3.28. The number of sulfonamides is 1. The number of rotatable bonds is 11. The Morgan fingerprint density at radius 1 is 0.952 bits per heavy atom. The molecule has 0 fully saturated rings. The van der Waals surface area contributed by atoms with Gasteiger partial charge in [0, 0.05) is 13.1 Å². The van der Waals surface area contributed by atoms with Crippen LogP contribution in [0, 0.1) is 6.92 Å². The standard InChI is InChI=1S/C29H30Cl2F3N3O4S/c1-4-26(28(39)35-5-2)36(17-20-11-14-24(30)25(31)15-20)27(38)18-37(22-8-6-7-21(16-22)29(32,33)34)42(40,41)23-12-9-19(3)10-13-23/h6-16,26H,4-5,17-18H2,1-3H3,(H,35,39)/t26-/m1/s1. The summed E-state index contributed by atoms with van der Waals surface area (Å²) in [4.78, 5) is 27.9. The number of aryl methyl sites for hydroxylation is 1. The van der Waals surface area contributed by atoms with Crippen LogP contribution >= 0.6 is 23.2 Å². The SMILES string of the molecule is CCNC(=O)[C@@H](CC)N(Cc1ccc(Cl)c(Cl)c1)C(=O)CN(c1cccc(C(F)(F)F)c1)S(=O)(=O)c1ccc(C)cc1. The number of nitrogens with one attached hydrogen (secondary N) is 1. The lowest BCUT2D eigenvalue weighted by molar-refractivity contribution is -0.140. The van der Waals surface area contributed by atoms with Crippen LogP contribution in [0.25, 0.3) is 0 Å². The van der Waals surface area contributed by atoms with Crippen LogP contribution in [0.5, 0.6) is 0 Å². The summed E-state index contributed by atoms with van der Waals surface area (Å²) in [5, 5.41) is 3.15. The number of nitrogens with zero attached hydrogens (tertiary/aromatic N) is 2. The molecule has 0 heterocycles. The fourth-order valence-electron chi connectivity index (χ4n) is 4.25. The number of likely N-dealkylation sites (N-methyl/N-ethyl adjacent to an activating group) is 1. The Morgan fingerprint density at radius 3 is 2.19 bits per heavy atom. The molecular weight excluding hydrogens is 614 g/mol. The van der Waals surface area contributed by atoms with Gasteiger partial charge in [0.05, 0.1) is 26.2 Å². The third kappa shape index (κ3) is 7.96. The quantitative estimate of drug-likeness (QED) is 0.260. The van der Waals surface area contributed by atoms with Crippen LogP contribution in [0.1, 0.15) is 37.0 Å². The number of amides is 2. The van der Waals surface area contributed by atoms with Crippen LogP contribution in [0.2, 0.25) is 10.0 Å². The topological polar surface area (TPSA) is 86.8 Å². The van der Waals surface area contributed by atoms with Gasteiger partial charge in [-0.15, -0.1) is 0 Å². The number of benzene rings is 3. The van der Waals surface area contributed by atoms with Gasteiger partial charge in [-0.3, -0.25) is 13.9 Å². The Labute approximate surface area is 253 Å². The van der Waals surface area contributed by atoms with E-state index in [-0.39, 0.29) is 40.1 Å². The van der Waals surface area contributed by atoms with Crippen molar-refractivity contribution in [1.82, 2.24) is 10.2 Å². The first kappa shape index (κ1) is 33.2. The zero-order valence-electron chi connectivity index (χ0n) is 23.1. The minimum absolute atomic E-state index is 0.146. The zero-order valence-corrected chi connectivity index (χ0v) is 25.4. The smallest absolute Gasteiger partial charge is 0.355 e. The molecular formula is C29H30Cl2F3N3O4S. The Bertz CT molecular complexity index is 1530. The molecule has 0 bridgehead atoms. The first-order valence-corrected chi connectivity index (χ1v) is 15.2. The molecule has 0 saturated carbocycles. The van der Waals surface area contributed by atoms with Crippen molar-refractivity contribution in [3.8, 4) is 0 Å². The van der Waals surface area contributed by atoms with Crippen molar-refractivity contribution in [3.63, 3.8) is 0 Å². The largest absolute Gasteiger partial charge is 0.416 e.